The Bertz CT molecular complexity index is 468. The van der Waals surface area contributed by atoms with Gasteiger partial charge in [0.2, 0.25) is 0 Å². The van der Waals surface area contributed by atoms with E-state index in [-0.39, 0.29) is 16.9 Å². The Morgan fingerprint density at radius 3 is 2.28 bits per heavy atom. The Morgan fingerprint density at radius 1 is 1.22 bits per heavy atom. The zero-order valence-corrected chi connectivity index (χ0v) is 9.40. The molecule has 0 heterocycles. The minimum Gasteiger partial charge on any atom is -0.496 e. The molecule has 2 atom stereocenters. The van der Waals surface area contributed by atoms with Crippen molar-refractivity contribution in [2.45, 2.75) is 12.2 Å². The lowest BCUT2D eigenvalue weighted by Gasteiger charge is -2.17. The van der Waals surface area contributed by atoms with E-state index >= 15 is 0 Å². The molecule has 1 aromatic rings. The first-order chi connectivity index (χ1) is 8.40. The van der Waals surface area contributed by atoms with Gasteiger partial charge in [-0.25, -0.2) is 9.59 Å². The number of ether oxygens (including phenoxy) is 1. The summed E-state index contributed by atoms with van der Waals surface area (Å²) in [4.78, 5) is 21.6. The third kappa shape index (κ3) is 2.58. The third-order valence-electron chi connectivity index (χ3n) is 2.36. The second-order valence-electron chi connectivity index (χ2n) is 3.46. The average molecular weight is 256 g/mol. The molecule has 0 spiro atoms. The minimum absolute atomic E-state index is 0.0309. The first-order valence-electron chi connectivity index (χ1n) is 4.89. The van der Waals surface area contributed by atoms with Gasteiger partial charge in [-0.2, -0.15) is 0 Å². The summed E-state index contributed by atoms with van der Waals surface area (Å²) >= 11 is 0. The van der Waals surface area contributed by atoms with E-state index in [1.54, 1.807) is 0 Å². The van der Waals surface area contributed by atoms with Crippen LogP contribution in [0.25, 0.3) is 0 Å². The van der Waals surface area contributed by atoms with Gasteiger partial charge >= 0.3 is 11.9 Å². The number of benzene rings is 1. The van der Waals surface area contributed by atoms with E-state index in [1.165, 1.54) is 25.3 Å². The van der Waals surface area contributed by atoms with Gasteiger partial charge in [-0.3, -0.25) is 0 Å². The molecule has 0 saturated carbocycles. The predicted molar refractivity (Wildman–Crippen MR) is 58.6 cm³/mol. The fourth-order valence-corrected chi connectivity index (χ4v) is 1.50. The van der Waals surface area contributed by atoms with Crippen LogP contribution in [0.4, 0.5) is 0 Å². The van der Waals surface area contributed by atoms with Crippen LogP contribution in [0.3, 0.4) is 0 Å². The van der Waals surface area contributed by atoms with E-state index in [9.17, 15) is 19.8 Å². The smallest absolute Gasteiger partial charge is 0.339 e. The first-order valence-corrected chi connectivity index (χ1v) is 4.89. The Balaban J connectivity index is 3.31. The molecule has 1 rings (SSSR count). The van der Waals surface area contributed by atoms with Crippen LogP contribution >= 0.6 is 0 Å². The number of methoxy groups -OCH3 is 1. The minimum atomic E-state index is -2.12. The highest BCUT2D eigenvalue weighted by atomic mass is 16.5. The molecule has 0 amide bonds. The van der Waals surface area contributed by atoms with Crippen LogP contribution in [0.1, 0.15) is 22.0 Å². The van der Waals surface area contributed by atoms with Crippen molar-refractivity contribution in [2.75, 3.05) is 7.11 Å². The number of carbonyl (C=O) groups is 2. The Kier molecular flexibility index (Phi) is 4.24. The average Bonchev–Trinajstić information content (AvgIpc) is 2.35. The quantitative estimate of drug-likeness (QED) is 0.578. The van der Waals surface area contributed by atoms with Crippen LogP contribution in [0.2, 0.25) is 0 Å². The molecular weight excluding hydrogens is 244 g/mol. The van der Waals surface area contributed by atoms with Gasteiger partial charge in [0.05, 0.1) is 7.11 Å². The van der Waals surface area contributed by atoms with E-state index in [0.717, 1.165) is 0 Å². The summed E-state index contributed by atoms with van der Waals surface area (Å²) in [6, 6.07) is 3.95. The second kappa shape index (κ2) is 5.48. The number of aromatic carboxylic acids is 1. The molecular formula is C11H12O7. The van der Waals surface area contributed by atoms with Crippen molar-refractivity contribution in [1.82, 2.24) is 0 Å². The highest BCUT2D eigenvalue weighted by Crippen LogP contribution is 2.28. The van der Waals surface area contributed by atoms with Gasteiger partial charge in [-0.1, -0.05) is 12.1 Å². The lowest BCUT2D eigenvalue weighted by Crippen LogP contribution is -2.28. The number of rotatable bonds is 5. The fraction of sp³-hybridized carbons (Fsp3) is 0.273. The van der Waals surface area contributed by atoms with Crippen molar-refractivity contribution in [3.63, 3.8) is 0 Å². The van der Waals surface area contributed by atoms with E-state index in [4.69, 9.17) is 14.9 Å². The molecule has 0 aliphatic heterocycles. The molecule has 18 heavy (non-hydrogen) atoms. The summed E-state index contributed by atoms with van der Waals surface area (Å²) in [7, 11) is 1.24. The molecule has 98 valence electrons. The van der Waals surface area contributed by atoms with Crippen molar-refractivity contribution in [2.24, 2.45) is 0 Å². The lowest BCUT2D eigenvalue weighted by atomic mass is 9.98. The summed E-state index contributed by atoms with van der Waals surface area (Å²) in [5.41, 5.74) is -0.607. The van der Waals surface area contributed by atoms with Gasteiger partial charge in [0.25, 0.3) is 0 Å². The third-order valence-corrected chi connectivity index (χ3v) is 2.36. The fourth-order valence-electron chi connectivity index (χ4n) is 1.50. The molecule has 0 saturated heterocycles. The van der Waals surface area contributed by atoms with E-state index in [1.807, 2.05) is 0 Å². The van der Waals surface area contributed by atoms with Gasteiger partial charge in [-0.15, -0.1) is 0 Å². The van der Waals surface area contributed by atoms with E-state index in [0.29, 0.717) is 0 Å². The number of hydrogen-bond donors (Lipinski definition) is 4. The zero-order chi connectivity index (χ0) is 13.9. The van der Waals surface area contributed by atoms with E-state index in [2.05, 4.69) is 0 Å². The molecule has 1 aromatic carbocycles. The molecule has 0 bridgehead atoms. The van der Waals surface area contributed by atoms with Crippen molar-refractivity contribution < 1.29 is 34.8 Å². The van der Waals surface area contributed by atoms with Crippen LogP contribution < -0.4 is 4.74 Å². The molecule has 0 radical (unpaired) electrons. The maximum atomic E-state index is 11.1. The molecule has 7 heteroatoms. The highest BCUT2D eigenvalue weighted by Gasteiger charge is 2.30. The molecule has 0 aliphatic carbocycles. The van der Waals surface area contributed by atoms with Crippen LogP contribution in [0.15, 0.2) is 18.2 Å². The molecule has 2 unspecified atom stereocenters. The van der Waals surface area contributed by atoms with Gasteiger partial charge in [0.15, 0.2) is 6.10 Å². The second-order valence-corrected chi connectivity index (χ2v) is 3.46. The largest absolute Gasteiger partial charge is 0.496 e. The van der Waals surface area contributed by atoms with Crippen molar-refractivity contribution in [1.29, 1.82) is 0 Å². The van der Waals surface area contributed by atoms with Crippen LogP contribution in [0.5, 0.6) is 5.75 Å². The lowest BCUT2D eigenvalue weighted by molar-refractivity contribution is -0.153. The standard InChI is InChI=1S/C11H12O7/c1-18-6-4-2-3-5(7(6)10(14)15)8(12)9(13)11(16)17/h2-4,8-9,12-13H,1H3,(H,14,15)(H,16,17). The molecule has 0 aromatic heterocycles. The van der Waals surface area contributed by atoms with Crippen molar-refractivity contribution in [3.05, 3.63) is 29.3 Å². The topological polar surface area (TPSA) is 124 Å². The highest BCUT2D eigenvalue weighted by molar-refractivity contribution is 5.93. The maximum absolute atomic E-state index is 11.1. The van der Waals surface area contributed by atoms with Crippen LogP contribution in [-0.4, -0.2) is 45.6 Å². The van der Waals surface area contributed by atoms with E-state index < -0.39 is 24.1 Å². The van der Waals surface area contributed by atoms with Gasteiger partial charge in [0, 0.05) is 5.56 Å². The summed E-state index contributed by atoms with van der Waals surface area (Å²) in [5.74, 6) is -3.07. The first kappa shape index (κ1) is 13.9. The monoisotopic (exact) mass is 256 g/mol. The summed E-state index contributed by atoms with van der Waals surface area (Å²) in [6.07, 6.45) is -3.97. The maximum Gasteiger partial charge on any atom is 0.339 e. The Labute approximate surface area is 102 Å². The van der Waals surface area contributed by atoms with Gasteiger partial charge < -0.3 is 25.2 Å². The number of carboxylic acids is 2. The molecule has 0 fully saturated rings. The molecule has 7 nitrogen and oxygen atoms in total. The Hall–Kier alpha value is -2.12. The van der Waals surface area contributed by atoms with Crippen LogP contribution in [-0.2, 0) is 4.79 Å². The number of carboxylic acid groups (broad SMARTS) is 2. The zero-order valence-electron chi connectivity index (χ0n) is 9.40. The van der Waals surface area contributed by atoms with Crippen LogP contribution in [0, 0.1) is 0 Å². The summed E-state index contributed by atoms with van der Waals surface area (Å²) in [5, 5.41) is 36.5. The summed E-state index contributed by atoms with van der Waals surface area (Å²) < 4.78 is 4.82. The number of aliphatic hydroxyl groups is 2. The van der Waals surface area contributed by atoms with Gasteiger partial charge in [0.1, 0.15) is 17.4 Å². The van der Waals surface area contributed by atoms with Crippen molar-refractivity contribution >= 4 is 11.9 Å². The number of hydrogen-bond acceptors (Lipinski definition) is 5. The number of aliphatic carboxylic acids is 1. The van der Waals surface area contributed by atoms with Gasteiger partial charge in [-0.05, 0) is 6.07 Å². The normalized spacial score (nSPS) is 13.7. The van der Waals surface area contributed by atoms with Crippen molar-refractivity contribution in [3.8, 4) is 5.75 Å². The molecule has 0 aliphatic rings. The number of aliphatic hydroxyl groups excluding tert-OH is 2. The Morgan fingerprint density at radius 2 is 1.83 bits per heavy atom. The molecule has 4 N–H and O–H groups in total. The predicted octanol–water partition coefficient (Wildman–Crippen LogP) is -0.128. The summed E-state index contributed by atoms with van der Waals surface area (Å²) in [6.45, 7) is 0. The SMILES string of the molecule is COc1cccc(C(O)C(O)C(=O)O)c1C(=O)O.